The Bertz CT molecular complexity index is 702. The number of hydrogen-bond donors (Lipinski definition) is 1. The highest BCUT2D eigenvalue weighted by molar-refractivity contribution is 5.93. The van der Waals surface area contributed by atoms with Crippen LogP contribution in [0, 0.1) is 11.8 Å². The van der Waals surface area contributed by atoms with Gasteiger partial charge in [0, 0.05) is 38.3 Å². The third-order valence-corrected chi connectivity index (χ3v) is 5.20. The van der Waals surface area contributed by atoms with E-state index >= 15 is 0 Å². The van der Waals surface area contributed by atoms with Gasteiger partial charge in [-0.3, -0.25) is 9.48 Å². The number of carbonyl (C=O) groups is 1. The molecule has 0 aliphatic carbocycles. The molecule has 2 aliphatic heterocycles. The standard InChI is InChI=1S/C18H22N4O.ClH/c1-2-22-16(8-9-20-22)18(23)21-12-14-10-19-11-15(14)17(21)13-6-4-3-5-7-13;/h3-9,14-15,17,19H,2,10-12H2,1H3;1H/t14-,15-,17-;/m0./s1. The van der Waals surface area contributed by atoms with Crippen LogP contribution in [0.15, 0.2) is 42.6 Å². The Morgan fingerprint density at radius 3 is 2.79 bits per heavy atom. The first-order valence-electron chi connectivity index (χ1n) is 8.38. The topological polar surface area (TPSA) is 50.2 Å². The lowest BCUT2D eigenvalue weighted by molar-refractivity contribution is 0.0701. The number of nitrogens with zero attached hydrogens (tertiary/aromatic N) is 3. The Morgan fingerprint density at radius 1 is 1.25 bits per heavy atom. The maximum Gasteiger partial charge on any atom is 0.272 e. The zero-order valence-corrected chi connectivity index (χ0v) is 14.6. The second-order valence-corrected chi connectivity index (χ2v) is 6.43. The van der Waals surface area contributed by atoms with Crippen LogP contribution in [-0.2, 0) is 6.54 Å². The van der Waals surface area contributed by atoms with E-state index in [-0.39, 0.29) is 24.4 Å². The Balaban J connectivity index is 0.00000169. The molecule has 2 aromatic rings. The minimum absolute atomic E-state index is 0. The van der Waals surface area contributed by atoms with Gasteiger partial charge < -0.3 is 10.2 Å². The Hall–Kier alpha value is -1.85. The zero-order valence-electron chi connectivity index (χ0n) is 13.8. The van der Waals surface area contributed by atoms with Crippen LogP contribution >= 0.6 is 12.4 Å². The second-order valence-electron chi connectivity index (χ2n) is 6.43. The van der Waals surface area contributed by atoms with Gasteiger partial charge >= 0.3 is 0 Å². The maximum absolute atomic E-state index is 13.1. The number of aromatic nitrogens is 2. The number of amides is 1. The van der Waals surface area contributed by atoms with Crippen molar-refractivity contribution in [3.63, 3.8) is 0 Å². The van der Waals surface area contributed by atoms with Crippen LogP contribution in [0.5, 0.6) is 0 Å². The van der Waals surface area contributed by atoms with Crippen LogP contribution < -0.4 is 5.32 Å². The van der Waals surface area contributed by atoms with Crippen LogP contribution in [0.4, 0.5) is 0 Å². The molecule has 1 amide bonds. The lowest BCUT2D eigenvalue weighted by Gasteiger charge is -2.28. The van der Waals surface area contributed by atoms with Crippen molar-refractivity contribution in [3.8, 4) is 0 Å². The Morgan fingerprint density at radius 2 is 2.04 bits per heavy atom. The Labute approximate surface area is 148 Å². The first-order chi connectivity index (χ1) is 11.3. The molecular formula is C18H23ClN4O. The quantitative estimate of drug-likeness (QED) is 0.928. The van der Waals surface area contributed by atoms with E-state index in [1.54, 1.807) is 10.9 Å². The van der Waals surface area contributed by atoms with Gasteiger partial charge in [0.1, 0.15) is 5.69 Å². The fourth-order valence-corrected chi connectivity index (χ4v) is 4.12. The van der Waals surface area contributed by atoms with Gasteiger partial charge in [0.2, 0.25) is 0 Å². The average Bonchev–Trinajstić information content (AvgIpc) is 3.29. The summed E-state index contributed by atoms with van der Waals surface area (Å²) in [5, 5.41) is 7.74. The molecule has 1 aromatic heterocycles. The van der Waals surface area contributed by atoms with Crippen LogP contribution in [-0.4, -0.2) is 40.2 Å². The number of halogens is 1. The summed E-state index contributed by atoms with van der Waals surface area (Å²) in [5.41, 5.74) is 1.93. The lowest BCUT2D eigenvalue weighted by Crippen LogP contribution is -2.35. The molecule has 128 valence electrons. The molecule has 5 nitrogen and oxygen atoms in total. The Kier molecular flexibility index (Phi) is 4.92. The van der Waals surface area contributed by atoms with Crippen molar-refractivity contribution in [2.24, 2.45) is 11.8 Å². The highest BCUT2D eigenvalue weighted by Gasteiger charge is 2.47. The molecule has 4 rings (SSSR count). The number of aryl methyl sites for hydroxylation is 1. The van der Waals surface area contributed by atoms with E-state index in [0.717, 1.165) is 19.6 Å². The van der Waals surface area contributed by atoms with Crippen LogP contribution in [0.2, 0.25) is 0 Å². The van der Waals surface area contributed by atoms with Crippen molar-refractivity contribution in [1.29, 1.82) is 0 Å². The summed E-state index contributed by atoms with van der Waals surface area (Å²) < 4.78 is 1.79. The van der Waals surface area contributed by atoms with Crippen molar-refractivity contribution >= 4 is 18.3 Å². The lowest BCUT2D eigenvalue weighted by atomic mass is 9.89. The minimum atomic E-state index is 0. The zero-order chi connectivity index (χ0) is 15.8. The monoisotopic (exact) mass is 346 g/mol. The molecule has 3 atom stereocenters. The summed E-state index contributed by atoms with van der Waals surface area (Å²) in [7, 11) is 0. The van der Waals surface area contributed by atoms with E-state index in [1.165, 1.54) is 5.56 Å². The number of hydrogen-bond acceptors (Lipinski definition) is 3. The summed E-state index contributed by atoms with van der Waals surface area (Å²) in [6.45, 7) is 5.55. The van der Waals surface area contributed by atoms with Crippen LogP contribution in [0.3, 0.4) is 0 Å². The molecule has 3 heterocycles. The molecule has 1 aromatic carbocycles. The molecule has 2 saturated heterocycles. The number of carbonyl (C=O) groups excluding carboxylic acids is 1. The third kappa shape index (κ3) is 2.72. The molecule has 0 radical (unpaired) electrons. The maximum atomic E-state index is 13.1. The highest BCUT2D eigenvalue weighted by atomic mass is 35.5. The average molecular weight is 347 g/mol. The second kappa shape index (κ2) is 6.95. The number of nitrogens with one attached hydrogen (secondary N) is 1. The largest absolute Gasteiger partial charge is 0.330 e. The van der Waals surface area contributed by atoms with Crippen LogP contribution in [0.1, 0.15) is 29.0 Å². The van der Waals surface area contributed by atoms with Gasteiger partial charge in [-0.25, -0.2) is 0 Å². The van der Waals surface area contributed by atoms with Gasteiger partial charge in [0.15, 0.2) is 0 Å². The molecule has 6 heteroatoms. The molecule has 0 bridgehead atoms. The van der Waals surface area contributed by atoms with Crippen molar-refractivity contribution in [3.05, 3.63) is 53.9 Å². The van der Waals surface area contributed by atoms with Crippen molar-refractivity contribution in [2.45, 2.75) is 19.5 Å². The predicted octanol–water partition coefficient (Wildman–Crippen LogP) is 2.36. The van der Waals surface area contributed by atoms with Gasteiger partial charge in [0.05, 0.1) is 6.04 Å². The van der Waals surface area contributed by atoms with E-state index in [4.69, 9.17) is 0 Å². The number of fused-ring (bicyclic) bond motifs is 1. The van der Waals surface area contributed by atoms with Gasteiger partial charge in [-0.05, 0) is 24.5 Å². The highest BCUT2D eigenvalue weighted by Crippen LogP contribution is 2.43. The predicted molar refractivity (Wildman–Crippen MR) is 95.2 cm³/mol. The molecule has 2 aliphatic rings. The van der Waals surface area contributed by atoms with Crippen molar-refractivity contribution in [1.82, 2.24) is 20.0 Å². The summed E-state index contributed by atoms with van der Waals surface area (Å²) in [6, 6.07) is 12.4. The van der Waals surface area contributed by atoms with Gasteiger partial charge in [-0.15, -0.1) is 12.4 Å². The number of benzene rings is 1. The minimum Gasteiger partial charge on any atom is -0.330 e. The normalized spacial score (nSPS) is 25.4. The molecule has 2 fully saturated rings. The molecule has 0 unspecified atom stereocenters. The van der Waals surface area contributed by atoms with Gasteiger partial charge in [-0.1, -0.05) is 30.3 Å². The molecule has 24 heavy (non-hydrogen) atoms. The summed E-state index contributed by atoms with van der Waals surface area (Å²) in [6.07, 6.45) is 1.71. The van der Waals surface area contributed by atoms with Crippen molar-refractivity contribution < 1.29 is 4.79 Å². The van der Waals surface area contributed by atoms with Crippen molar-refractivity contribution in [2.75, 3.05) is 19.6 Å². The van der Waals surface area contributed by atoms with E-state index < -0.39 is 0 Å². The number of likely N-dealkylation sites (tertiary alicyclic amines) is 1. The van der Waals surface area contributed by atoms with Gasteiger partial charge in [-0.2, -0.15) is 5.10 Å². The van der Waals surface area contributed by atoms with E-state index in [1.807, 2.05) is 19.1 Å². The van der Waals surface area contributed by atoms with Crippen LogP contribution in [0.25, 0.3) is 0 Å². The molecular weight excluding hydrogens is 324 g/mol. The SMILES string of the molecule is CCn1nccc1C(=O)N1C[C@@H]2CNC[C@@H]2[C@@H]1c1ccccc1.Cl. The smallest absolute Gasteiger partial charge is 0.272 e. The summed E-state index contributed by atoms with van der Waals surface area (Å²) in [4.78, 5) is 15.2. The first kappa shape index (κ1) is 17.0. The van der Waals surface area contributed by atoms with Gasteiger partial charge in [0.25, 0.3) is 5.91 Å². The molecule has 0 saturated carbocycles. The third-order valence-electron chi connectivity index (χ3n) is 5.20. The number of rotatable bonds is 3. The first-order valence-corrected chi connectivity index (χ1v) is 8.38. The van der Waals surface area contributed by atoms with E-state index in [2.05, 4.69) is 39.6 Å². The summed E-state index contributed by atoms with van der Waals surface area (Å²) >= 11 is 0. The fourth-order valence-electron chi connectivity index (χ4n) is 4.12. The fraction of sp³-hybridized carbons (Fsp3) is 0.444. The molecule has 1 N–H and O–H groups in total. The van der Waals surface area contributed by atoms with E-state index in [0.29, 0.717) is 24.1 Å². The summed E-state index contributed by atoms with van der Waals surface area (Å²) in [5.74, 6) is 1.15. The molecule has 0 spiro atoms. The van der Waals surface area contributed by atoms with E-state index in [9.17, 15) is 4.79 Å².